The van der Waals surface area contributed by atoms with Crippen LogP contribution in [-0.2, 0) is 14.3 Å². The summed E-state index contributed by atoms with van der Waals surface area (Å²) in [4.78, 5) is 10.8. The van der Waals surface area contributed by atoms with Crippen molar-refractivity contribution in [2.24, 2.45) is 0 Å². The van der Waals surface area contributed by atoms with Crippen LogP contribution in [0, 0.1) is 9.85 Å². The quantitative estimate of drug-likeness (QED) is 0.440. The van der Waals surface area contributed by atoms with Crippen molar-refractivity contribution in [2.45, 2.75) is 6.29 Å². The summed E-state index contributed by atoms with van der Waals surface area (Å²) in [5.74, 6) is 1.96. The van der Waals surface area contributed by atoms with E-state index in [9.17, 15) is 4.79 Å². The number of carbonyl (C=O) groups excluding carboxylic acids is 1. The van der Waals surface area contributed by atoms with Gasteiger partial charge in [-0.1, -0.05) is 29.1 Å². The lowest BCUT2D eigenvalue weighted by Gasteiger charge is -2.07. The normalized spacial score (nSPS) is 21.2. The highest BCUT2D eigenvalue weighted by molar-refractivity contribution is 14.1. The highest BCUT2D eigenvalue weighted by atomic mass is 127. The van der Waals surface area contributed by atoms with E-state index in [4.69, 9.17) is 27.9 Å². The second kappa shape index (κ2) is 5.05. The molecule has 1 unspecified atom stereocenters. The summed E-state index contributed by atoms with van der Waals surface area (Å²) in [6.07, 6.45) is -0.904. The van der Waals surface area contributed by atoms with Crippen LogP contribution in [-0.4, -0.2) is 18.9 Å². The Labute approximate surface area is 98.5 Å². The average molecular weight is 333 g/mol. The molecule has 1 rings (SSSR count). The molecular formula is C7H3Cl2IO3. The molecule has 0 spiro atoms. The summed E-state index contributed by atoms with van der Waals surface area (Å²) in [6, 6.07) is 0. The van der Waals surface area contributed by atoms with Crippen molar-refractivity contribution in [2.75, 3.05) is 6.61 Å². The molecule has 70 valence electrons. The summed E-state index contributed by atoms with van der Waals surface area (Å²) < 4.78 is 12.3. The Morgan fingerprint density at radius 3 is 2.77 bits per heavy atom. The van der Waals surface area contributed by atoms with E-state index in [-0.39, 0.29) is 16.7 Å². The fourth-order valence-electron chi connectivity index (χ4n) is 0.653. The van der Waals surface area contributed by atoms with Gasteiger partial charge in [0.15, 0.2) is 0 Å². The number of ether oxygens (including phenoxy) is 2. The minimum Gasteiger partial charge on any atom is -0.426 e. The smallest absolute Gasteiger partial charge is 0.353 e. The number of hydrogen-bond acceptors (Lipinski definition) is 3. The maximum Gasteiger partial charge on any atom is 0.353 e. The number of esters is 1. The van der Waals surface area contributed by atoms with Crippen LogP contribution >= 0.6 is 45.8 Å². The standard InChI is InChI=1S/C7H3Cl2IO3/c8-4-5(9)7(13-6(4)11)12-3-1-2-10/h7H,3H2. The molecule has 1 aliphatic heterocycles. The van der Waals surface area contributed by atoms with Gasteiger partial charge in [0.2, 0.25) is 6.29 Å². The summed E-state index contributed by atoms with van der Waals surface area (Å²) in [5.41, 5.74) is 0. The van der Waals surface area contributed by atoms with E-state index < -0.39 is 12.3 Å². The van der Waals surface area contributed by atoms with Crippen LogP contribution in [0.4, 0.5) is 0 Å². The van der Waals surface area contributed by atoms with Gasteiger partial charge in [-0.3, -0.25) is 0 Å². The van der Waals surface area contributed by atoms with Crippen molar-refractivity contribution in [3.63, 3.8) is 0 Å². The van der Waals surface area contributed by atoms with Crippen LogP contribution in [0.5, 0.6) is 0 Å². The fraction of sp³-hybridized carbons (Fsp3) is 0.286. The van der Waals surface area contributed by atoms with E-state index in [2.05, 4.69) is 14.6 Å². The maximum atomic E-state index is 10.8. The molecule has 0 N–H and O–H groups in total. The Hall–Kier alpha value is 0.0400. The van der Waals surface area contributed by atoms with Crippen molar-refractivity contribution in [3.8, 4) is 9.85 Å². The third kappa shape index (κ3) is 2.74. The monoisotopic (exact) mass is 332 g/mol. The third-order valence-electron chi connectivity index (χ3n) is 1.18. The minimum absolute atomic E-state index is 0.0712. The van der Waals surface area contributed by atoms with Crippen molar-refractivity contribution in [3.05, 3.63) is 10.1 Å². The van der Waals surface area contributed by atoms with E-state index in [0.717, 1.165) is 0 Å². The van der Waals surface area contributed by atoms with Gasteiger partial charge < -0.3 is 9.47 Å². The van der Waals surface area contributed by atoms with Gasteiger partial charge in [0.1, 0.15) is 16.7 Å². The van der Waals surface area contributed by atoms with Crippen LogP contribution in [0.25, 0.3) is 0 Å². The molecule has 0 aromatic carbocycles. The number of carbonyl (C=O) groups is 1. The molecule has 0 saturated carbocycles. The molecule has 0 aromatic heterocycles. The van der Waals surface area contributed by atoms with Gasteiger partial charge >= 0.3 is 5.97 Å². The lowest BCUT2D eigenvalue weighted by molar-refractivity contribution is -0.156. The van der Waals surface area contributed by atoms with Gasteiger partial charge in [-0.25, -0.2) is 4.79 Å². The Morgan fingerprint density at radius 2 is 2.31 bits per heavy atom. The number of cyclic esters (lactones) is 1. The van der Waals surface area contributed by atoms with Crippen LogP contribution in [0.2, 0.25) is 0 Å². The Balaban J connectivity index is 2.54. The van der Waals surface area contributed by atoms with Crippen molar-refractivity contribution in [1.82, 2.24) is 0 Å². The van der Waals surface area contributed by atoms with Crippen LogP contribution in [0.1, 0.15) is 0 Å². The lowest BCUT2D eigenvalue weighted by atomic mass is 10.5. The second-order valence-corrected chi connectivity index (χ2v) is 3.31. The van der Waals surface area contributed by atoms with E-state index >= 15 is 0 Å². The van der Waals surface area contributed by atoms with Crippen LogP contribution < -0.4 is 0 Å². The fourth-order valence-corrected chi connectivity index (χ4v) is 1.13. The molecule has 3 nitrogen and oxygen atoms in total. The summed E-state index contributed by atoms with van der Waals surface area (Å²) in [7, 11) is 0. The highest BCUT2D eigenvalue weighted by Crippen LogP contribution is 2.28. The van der Waals surface area contributed by atoms with Gasteiger partial charge in [-0.2, -0.15) is 0 Å². The third-order valence-corrected chi connectivity index (χ3v) is 2.39. The largest absolute Gasteiger partial charge is 0.426 e. The van der Waals surface area contributed by atoms with Crippen molar-refractivity contribution in [1.29, 1.82) is 0 Å². The molecule has 1 heterocycles. The van der Waals surface area contributed by atoms with E-state index in [1.165, 1.54) is 0 Å². The predicted molar refractivity (Wildman–Crippen MR) is 56.4 cm³/mol. The Bertz CT molecular complexity index is 315. The van der Waals surface area contributed by atoms with Crippen LogP contribution in [0.3, 0.4) is 0 Å². The molecule has 0 aliphatic carbocycles. The number of hydrogen-bond donors (Lipinski definition) is 0. The van der Waals surface area contributed by atoms with E-state index in [1.807, 2.05) is 22.6 Å². The van der Waals surface area contributed by atoms with Gasteiger partial charge in [0.25, 0.3) is 0 Å². The number of halogens is 3. The first kappa shape index (κ1) is 11.1. The van der Waals surface area contributed by atoms with Gasteiger partial charge in [0.05, 0.1) is 0 Å². The predicted octanol–water partition coefficient (Wildman–Crippen LogP) is 1.97. The minimum atomic E-state index is -0.904. The first-order chi connectivity index (χ1) is 6.16. The van der Waals surface area contributed by atoms with Gasteiger partial charge in [0, 0.05) is 22.6 Å². The molecule has 1 atom stereocenters. The SMILES string of the molecule is O=C1OC(OCC#CI)C(Cl)=C1Cl. The average Bonchev–Trinajstić information content (AvgIpc) is 2.34. The molecule has 6 heteroatoms. The molecule has 13 heavy (non-hydrogen) atoms. The maximum absolute atomic E-state index is 10.8. The summed E-state index contributed by atoms with van der Waals surface area (Å²) in [5, 5.41) is -0.0592. The molecule has 0 radical (unpaired) electrons. The van der Waals surface area contributed by atoms with Crippen molar-refractivity contribution < 1.29 is 14.3 Å². The highest BCUT2D eigenvalue weighted by Gasteiger charge is 2.32. The van der Waals surface area contributed by atoms with Gasteiger partial charge in [-0.15, -0.1) is 0 Å². The molecular weight excluding hydrogens is 330 g/mol. The molecule has 0 amide bonds. The first-order valence-corrected chi connectivity index (χ1v) is 4.96. The number of rotatable bonds is 2. The van der Waals surface area contributed by atoms with E-state index in [1.54, 1.807) is 0 Å². The van der Waals surface area contributed by atoms with E-state index in [0.29, 0.717) is 0 Å². The molecule has 0 fully saturated rings. The molecule has 0 aromatic rings. The Morgan fingerprint density at radius 1 is 1.62 bits per heavy atom. The summed E-state index contributed by atoms with van der Waals surface area (Å²) >= 11 is 13.0. The topological polar surface area (TPSA) is 35.5 Å². The Kier molecular flexibility index (Phi) is 4.32. The molecule has 0 saturated heterocycles. The van der Waals surface area contributed by atoms with Crippen molar-refractivity contribution >= 4 is 51.8 Å². The molecule has 0 bridgehead atoms. The summed E-state index contributed by atoms with van der Waals surface area (Å²) in [6.45, 7) is 0.140. The second-order valence-electron chi connectivity index (χ2n) is 1.98. The van der Waals surface area contributed by atoms with Crippen LogP contribution in [0.15, 0.2) is 10.1 Å². The zero-order valence-electron chi connectivity index (χ0n) is 6.14. The molecule has 1 aliphatic rings. The zero-order valence-corrected chi connectivity index (χ0v) is 9.81. The van der Waals surface area contributed by atoms with Gasteiger partial charge in [-0.05, 0) is 3.93 Å². The zero-order chi connectivity index (χ0) is 9.84. The lowest BCUT2D eigenvalue weighted by Crippen LogP contribution is -2.14. The first-order valence-electron chi connectivity index (χ1n) is 3.13.